The van der Waals surface area contributed by atoms with Gasteiger partial charge in [-0.3, -0.25) is 0 Å². The van der Waals surface area contributed by atoms with E-state index >= 15 is 0 Å². The van der Waals surface area contributed by atoms with Crippen molar-refractivity contribution in [3.05, 3.63) is 43.3 Å². The van der Waals surface area contributed by atoms with Crippen molar-refractivity contribution in [1.29, 1.82) is 0 Å². The molecule has 0 bridgehead atoms. The second-order valence-corrected chi connectivity index (χ2v) is 2.98. The van der Waals surface area contributed by atoms with Gasteiger partial charge in [-0.1, -0.05) is 12.1 Å². The van der Waals surface area contributed by atoms with Crippen LogP contribution in [0.5, 0.6) is 0 Å². The first-order valence-corrected chi connectivity index (χ1v) is 3.80. The molecule has 0 saturated carbocycles. The van der Waals surface area contributed by atoms with E-state index in [-0.39, 0.29) is 0 Å². The molecule has 0 amide bonds. The number of hydrogen-bond donors (Lipinski definition) is 0. The molecule has 0 atom stereocenters. The molecule has 0 unspecified atom stereocenters. The molecular weight excluding hydrogens is 134 g/mol. The monoisotopic (exact) mass is 145 g/mol. The maximum absolute atomic E-state index is 3.93. The third-order valence-electron chi connectivity index (χ3n) is 2.14. The zero-order valence-corrected chi connectivity index (χ0v) is 6.51. The fourth-order valence-corrected chi connectivity index (χ4v) is 1.49. The summed E-state index contributed by atoms with van der Waals surface area (Å²) in [4.78, 5) is 2.03. The molecule has 0 fully saturated rings. The number of rotatable bonds is 0. The van der Waals surface area contributed by atoms with Gasteiger partial charge in [0, 0.05) is 19.3 Å². The van der Waals surface area contributed by atoms with Gasteiger partial charge in [0.1, 0.15) is 0 Å². The van der Waals surface area contributed by atoms with Crippen molar-refractivity contribution >= 4 is 5.69 Å². The molecule has 1 heterocycles. The van der Waals surface area contributed by atoms with E-state index in [9.17, 15) is 0 Å². The van der Waals surface area contributed by atoms with Crippen molar-refractivity contribution in [2.45, 2.75) is 6.42 Å². The molecule has 1 nitrogen and oxygen atoms in total. The van der Waals surface area contributed by atoms with Crippen LogP contribution in [0.25, 0.3) is 0 Å². The van der Waals surface area contributed by atoms with Gasteiger partial charge in [-0.2, -0.15) is 0 Å². The lowest BCUT2D eigenvalue weighted by Crippen LogP contribution is -2.09. The summed E-state index contributed by atoms with van der Waals surface area (Å²) in [6, 6.07) is 6.29. The summed E-state index contributed by atoms with van der Waals surface area (Å²) in [5.74, 6) is 0. The minimum atomic E-state index is 1.04. The van der Waals surface area contributed by atoms with Crippen LogP contribution < -0.4 is 4.90 Å². The van der Waals surface area contributed by atoms with E-state index in [0.29, 0.717) is 0 Å². The molecule has 1 heteroatoms. The highest BCUT2D eigenvalue weighted by atomic mass is 15.1. The summed E-state index contributed by atoms with van der Waals surface area (Å²) in [5, 5.41) is 0. The summed E-state index contributed by atoms with van der Waals surface area (Å²) in [7, 11) is 3.93. The van der Waals surface area contributed by atoms with Gasteiger partial charge in [0.15, 0.2) is 0 Å². The molecule has 1 aromatic rings. The van der Waals surface area contributed by atoms with Gasteiger partial charge < -0.3 is 4.90 Å². The Bertz CT molecular complexity index is 278. The summed E-state index contributed by atoms with van der Waals surface area (Å²) in [5.41, 5.74) is 3.71. The van der Waals surface area contributed by atoms with Crippen molar-refractivity contribution in [3.63, 3.8) is 0 Å². The van der Waals surface area contributed by atoms with Crippen molar-refractivity contribution in [2.24, 2.45) is 0 Å². The topological polar surface area (TPSA) is 3.24 Å². The first-order valence-electron chi connectivity index (χ1n) is 3.80. The molecule has 0 N–H and O–H groups in total. The van der Waals surface area contributed by atoms with E-state index < -0.39 is 0 Å². The predicted octanol–water partition coefficient (Wildman–Crippen LogP) is 2.02. The molecule has 2 radical (unpaired) electrons. The quantitative estimate of drug-likeness (QED) is 0.540. The number of fused-ring (bicyclic) bond motifs is 1. The molecule has 11 heavy (non-hydrogen) atoms. The molecule has 1 aliphatic heterocycles. The molecule has 0 aromatic heterocycles. The number of benzene rings is 1. The zero-order valence-electron chi connectivity index (χ0n) is 6.51. The Labute approximate surface area is 67.6 Å². The Kier molecular flexibility index (Phi) is 1.38. The van der Waals surface area contributed by atoms with Crippen LogP contribution in [0, 0.1) is 14.0 Å². The lowest BCUT2D eigenvalue weighted by molar-refractivity contribution is 0.991. The van der Waals surface area contributed by atoms with E-state index in [1.807, 2.05) is 4.90 Å². The fraction of sp³-hybridized carbons (Fsp3) is 0.200. The van der Waals surface area contributed by atoms with Crippen molar-refractivity contribution in [1.82, 2.24) is 0 Å². The smallest absolute Gasteiger partial charge is 0.0402 e. The van der Waals surface area contributed by atoms with E-state index in [1.165, 1.54) is 11.3 Å². The van der Waals surface area contributed by atoms with Crippen LogP contribution in [-0.4, -0.2) is 6.54 Å². The van der Waals surface area contributed by atoms with Gasteiger partial charge in [0.2, 0.25) is 0 Å². The lowest BCUT2D eigenvalue weighted by atomic mass is 10.1. The molecule has 0 saturated heterocycles. The molecule has 1 aromatic carbocycles. The average Bonchev–Trinajstić information content (AvgIpc) is 2.33. The second-order valence-electron chi connectivity index (χ2n) is 2.98. The van der Waals surface area contributed by atoms with Crippen molar-refractivity contribution in [2.75, 3.05) is 11.4 Å². The number of hydrogen-bond acceptors (Lipinski definition) is 1. The SMILES string of the molecule is [CH2]c1ccc2c(c1)N([CH2])CC2. The Morgan fingerprint density at radius 3 is 3.00 bits per heavy atom. The summed E-state index contributed by atoms with van der Waals surface area (Å²) in [6.45, 7) is 4.92. The van der Waals surface area contributed by atoms with E-state index in [1.54, 1.807) is 0 Å². The molecule has 0 spiro atoms. The Morgan fingerprint density at radius 1 is 1.36 bits per heavy atom. The molecule has 2 rings (SSSR count). The summed E-state index contributed by atoms with van der Waals surface area (Å²) < 4.78 is 0. The largest absolute Gasteiger partial charge is 0.369 e. The lowest BCUT2D eigenvalue weighted by Gasteiger charge is -2.11. The Balaban J connectivity index is 2.52. The van der Waals surface area contributed by atoms with E-state index in [2.05, 4.69) is 32.2 Å². The second kappa shape index (κ2) is 2.26. The van der Waals surface area contributed by atoms with Crippen LogP contribution in [0.3, 0.4) is 0 Å². The van der Waals surface area contributed by atoms with Crippen LogP contribution in [-0.2, 0) is 6.42 Å². The Hall–Kier alpha value is -0.980. The standard InChI is InChI=1S/C10H11N/c1-8-3-4-9-5-6-11(2)10(9)7-8/h3-4,7H,1-2,5-6H2. The van der Waals surface area contributed by atoms with Crippen LogP contribution in [0.15, 0.2) is 18.2 Å². The van der Waals surface area contributed by atoms with Crippen molar-refractivity contribution < 1.29 is 0 Å². The summed E-state index contributed by atoms with van der Waals surface area (Å²) >= 11 is 0. The predicted molar refractivity (Wildman–Crippen MR) is 47.3 cm³/mol. The first kappa shape index (κ1) is 6.71. The fourth-order valence-electron chi connectivity index (χ4n) is 1.49. The van der Waals surface area contributed by atoms with Gasteiger partial charge in [0.05, 0.1) is 0 Å². The zero-order chi connectivity index (χ0) is 7.84. The van der Waals surface area contributed by atoms with Gasteiger partial charge in [-0.05, 0) is 30.5 Å². The molecule has 56 valence electrons. The highest BCUT2D eigenvalue weighted by Gasteiger charge is 2.14. The first-order chi connectivity index (χ1) is 5.27. The Morgan fingerprint density at radius 2 is 2.18 bits per heavy atom. The third kappa shape index (κ3) is 1.01. The highest BCUT2D eigenvalue weighted by Crippen LogP contribution is 2.27. The molecule has 1 aliphatic rings. The van der Waals surface area contributed by atoms with Crippen LogP contribution >= 0.6 is 0 Å². The maximum Gasteiger partial charge on any atom is 0.0402 e. The van der Waals surface area contributed by atoms with Gasteiger partial charge in [-0.15, -0.1) is 0 Å². The number of nitrogens with zero attached hydrogens (tertiary/aromatic N) is 1. The highest BCUT2D eigenvalue weighted by molar-refractivity contribution is 5.60. The van der Waals surface area contributed by atoms with Crippen LogP contribution in [0.2, 0.25) is 0 Å². The molecule has 0 aliphatic carbocycles. The van der Waals surface area contributed by atoms with Crippen LogP contribution in [0.4, 0.5) is 5.69 Å². The van der Waals surface area contributed by atoms with Gasteiger partial charge >= 0.3 is 0 Å². The van der Waals surface area contributed by atoms with Gasteiger partial charge in [-0.25, -0.2) is 0 Å². The normalized spacial score (nSPS) is 15.3. The third-order valence-corrected chi connectivity index (χ3v) is 2.14. The average molecular weight is 145 g/mol. The van der Waals surface area contributed by atoms with Crippen molar-refractivity contribution in [3.8, 4) is 0 Å². The maximum atomic E-state index is 3.93. The minimum absolute atomic E-state index is 1.04. The minimum Gasteiger partial charge on any atom is -0.369 e. The molecular formula is C10H11N. The van der Waals surface area contributed by atoms with Gasteiger partial charge in [0.25, 0.3) is 0 Å². The van der Waals surface area contributed by atoms with E-state index in [0.717, 1.165) is 18.5 Å². The van der Waals surface area contributed by atoms with Crippen LogP contribution in [0.1, 0.15) is 11.1 Å². The van der Waals surface area contributed by atoms with E-state index in [4.69, 9.17) is 0 Å². The summed E-state index contributed by atoms with van der Waals surface area (Å²) in [6.07, 6.45) is 1.12. The number of anilines is 1.